The van der Waals surface area contributed by atoms with Crippen LogP contribution in [0.3, 0.4) is 0 Å². The molecule has 2 heterocycles. The molecule has 0 aliphatic carbocycles. The van der Waals surface area contributed by atoms with Gasteiger partial charge in [-0.25, -0.2) is 0 Å². The van der Waals surface area contributed by atoms with Crippen molar-refractivity contribution < 1.29 is 23.3 Å². The summed E-state index contributed by atoms with van der Waals surface area (Å²) in [4.78, 5) is 0. The second-order valence-corrected chi connectivity index (χ2v) is 9.14. The van der Waals surface area contributed by atoms with Gasteiger partial charge in [-0.3, -0.25) is 0 Å². The molecule has 0 aliphatic heterocycles. The van der Waals surface area contributed by atoms with Crippen molar-refractivity contribution >= 4 is 96.9 Å². The molecule has 8 aromatic rings. The first kappa shape index (κ1) is 33.6. The number of fused-ring (bicyclic) bond motifs is 10. The van der Waals surface area contributed by atoms with E-state index in [1.165, 1.54) is 88.5 Å². The van der Waals surface area contributed by atoms with E-state index in [9.17, 15) is 0 Å². The summed E-state index contributed by atoms with van der Waals surface area (Å²) in [5.74, 6) is 0. The number of aromatic nitrogens is 2. The fraction of sp³-hybridized carbons (Fsp3) is 0.0588. The predicted octanol–water partition coefficient (Wildman–Crippen LogP) is 9.77. The van der Waals surface area contributed by atoms with Crippen LogP contribution in [0.2, 0.25) is 0 Å². The van der Waals surface area contributed by atoms with Crippen molar-refractivity contribution in [3.05, 3.63) is 124 Å². The van der Waals surface area contributed by atoms with Crippen LogP contribution in [0.25, 0.3) is 65.2 Å². The summed E-state index contributed by atoms with van der Waals surface area (Å²) < 4.78 is 4.60. The van der Waals surface area contributed by atoms with Gasteiger partial charge in [-0.2, -0.15) is 0 Å². The normalized spacial score (nSPS) is 10.1. The zero-order valence-electron chi connectivity index (χ0n) is 23.1. The van der Waals surface area contributed by atoms with E-state index < -0.39 is 0 Å². The van der Waals surface area contributed by atoms with Gasteiger partial charge < -0.3 is 24.0 Å². The molecule has 204 valence electrons. The van der Waals surface area contributed by atoms with Gasteiger partial charge in [0.15, 0.2) is 0 Å². The zero-order valence-corrected chi connectivity index (χ0v) is 28.2. The second kappa shape index (κ2) is 13.8. The van der Waals surface area contributed by atoms with Crippen LogP contribution in [0.4, 0.5) is 0 Å². The van der Waals surface area contributed by atoms with Crippen LogP contribution in [0.5, 0.6) is 0 Å². The van der Waals surface area contributed by atoms with Crippen molar-refractivity contribution in [3.8, 4) is 0 Å². The van der Waals surface area contributed by atoms with Gasteiger partial charge in [0.1, 0.15) is 0 Å². The molecule has 8 rings (SSSR count). The molecule has 6 heteroatoms. The number of nitrogens with zero attached hydrogens (tertiary/aromatic N) is 2. The minimum atomic E-state index is 0. The Labute approximate surface area is 265 Å². The molecule has 2 nitrogen and oxygen atoms in total. The number of aryl methyl sites for hydroxylation is 2. The molecule has 2 radical (unpaired) electrons. The molecule has 0 saturated carbocycles. The Bertz CT molecular complexity index is 1870. The molecule has 0 atom stereocenters. The fourth-order valence-electron chi connectivity index (χ4n) is 5.78. The summed E-state index contributed by atoms with van der Waals surface area (Å²) in [6.45, 7) is 3.06. The van der Waals surface area contributed by atoms with E-state index >= 15 is 0 Å². The quantitative estimate of drug-likeness (QED) is 0.113. The first-order chi connectivity index (χ1) is 17.7. The van der Waals surface area contributed by atoms with E-state index in [4.69, 9.17) is 0 Å². The third-order valence-electron chi connectivity index (χ3n) is 7.32. The van der Waals surface area contributed by atoms with E-state index in [1.807, 2.05) is 0 Å². The average Bonchev–Trinajstić information content (AvgIpc) is 3.66. The zero-order chi connectivity index (χ0) is 24.8. The fourth-order valence-corrected chi connectivity index (χ4v) is 5.78. The van der Waals surface area contributed by atoms with Crippen LogP contribution in [-0.2, 0) is 37.4 Å². The van der Waals surface area contributed by atoms with Crippen LogP contribution in [0.1, 0.15) is 0 Å². The van der Waals surface area contributed by atoms with E-state index in [0.29, 0.717) is 0 Å². The average molecular weight is 659 g/mol. The molecule has 0 bridgehead atoms. The van der Waals surface area contributed by atoms with Gasteiger partial charge in [-0.15, -0.1) is 59.9 Å². The first-order valence-corrected chi connectivity index (χ1v) is 16.2. The Morgan fingerprint density at radius 1 is 0.500 bits per heavy atom. The first-order valence-electron chi connectivity index (χ1n) is 12.0. The topological polar surface area (TPSA) is 9.86 Å². The maximum absolute atomic E-state index is 3.06. The number of hydrogen-bond donors (Lipinski definition) is 0. The number of halogens is 2. The molecule has 0 aliphatic rings. The molecule has 0 N–H and O–H groups in total. The molecule has 2 aromatic heterocycles. The van der Waals surface area contributed by atoms with Gasteiger partial charge in [-0.05, 0) is 23.2 Å². The van der Waals surface area contributed by atoms with Gasteiger partial charge in [0, 0.05) is 25.1 Å². The predicted molar refractivity (Wildman–Crippen MR) is 180 cm³/mol. The monoisotopic (exact) mass is 656 g/mol. The van der Waals surface area contributed by atoms with Crippen LogP contribution in [0.15, 0.2) is 109 Å². The third-order valence-corrected chi connectivity index (χ3v) is 7.32. The molecule has 0 saturated heterocycles. The van der Waals surface area contributed by atoms with Crippen molar-refractivity contribution in [3.63, 3.8) is 0 Å². The molecule has 0 spiro atoms. The van der Waals surface area contributed by atoms with Crippen molar-refractivity contribution in [1.82, 2.24) is 9.13 Å². The Kier molecular flexibility index (Phi) is 11.6. The van der Waals surface area contributed by atoms with Crippen LogP contribution in [-0.4, -0.2) is 16.0 Å². The molecule has 0 fully saturated rings. The number of hydrogen-bond acceptors (Lipinski definition) is 0. The van der Waals surface area contributed by atoms with Crippen LogP contribution < -0.4 is 0 Å². The van der Waals surface area contributed by atoms with Gasteiger partial charge in [-0.1, -0.05) is 105 Å². The van der Waals surface area contributed by atoms with E-state index in [-0.39, 0.29) is 39.7 Å². The Morgan fingerprint density at radius 3 is 1.18 bits per heavy atom. The molecule has 0 amide bonds. The van der Waals surface area contributed by atoms with E-state index in [1.54, 1.807) is 0 Å². The third kappa shape index (κ3) is 5.23. The summed E-state index contributed by atoms with van der Waals surface area (Å²) in [6.07, 6.45) is 0. The maximum atomic E-state index is 3.06. The van der Waals surface area contributed by atoms with Gasteiger partial charge in [0.2, 0.25) is 0 Å². The Balaban J connectivity index is 0.000000241. The summed E-state index contributed by atoms with van der Waals surface area (Å²) in [7, 11) is 4.30. The molecular weight excluding hydrogens is 627 g/mol. The van der Waals surface area contributed by atoms with Crippen LogP contribution >= 0.6 is 24.8 Å². The second-order valence-electron chi connectivity index (χ2n) is 9.14. The van der Waals surface area contributed by atoms with Crippen molar-refractivity contribution in [1.29, 1.82) is 0 Å². The number of benzene rings is 4. The van der Waals surface area contributed by atoms with Gasteiger partial charge in [0.25, 0.3) is 0 Å². The molecule has 6 aromatic carbocycles. The van der Waals surface area contributed by atoms with Gasteiger partial charge >= 0.3 is 30.2 Å². The Hall–Kier alpha value is -2.62. The minimum absolute atomic E-state index is 0. The van der Waals surface area contributed by atoms with Gasteiger partial charge in [0.05, 0.1) is 0 Å². The molecule has 40 heavy (non-hydrogen) atoms. The van der Waals surface area contributed by atoms with Crippen molar-refractivity contribution in [2.75, 3.05) is 0 Å². The number of rotatable bonds is 0. The Morgan fingerprint density at radius 2 is 0.800 bits per heavy atom. The van der Waals surface area contributed by atoms with E-state index in [2.05, 4.69) is 139 Å². The summed E-state index contributed by atoms with van der Waals surface area (Å²) >= 11 is 1.36. The number of para-hydroxylation sites is 2. The van der Waals surface area contributed by atoms with Crippen molar-refractivity contribution in [2.45, 2.75) is 0 Å². The summed E-state index contributed by atoms with van der Waals surface area (Å²) in [5.41, 5.74) is 5.31. The van der Waals surface area contributed by atoms with E-state index in [0.717, 1.165) is 0 Å². The molecular formula is C34H32Cl2N2SiZr-4. The summed E-state index contributed by atoms with van der Waals surface area (Å²) in [5, 5.41) is 10.8. The standard InChI is InChI=1S/2C16H12N.2CH3.2ClH.Si.Zr/c2*1-17-15-9-5-4-8-13(15)14-10-11-6-2-3-7-12(11)16(14)17;;;;;;/h2*2-10H,1H3;2*1H3;2*1H;;/q4*-1;;;;. The summed E-state index contributed by atoms with van der Waals surface area (Å²) in [6, 6.07) is 39.0. The SMILES string of the molecule is Cl.Cl.Cn1c2ccccc2c2[cH-]c3ccccc3c21.Cn1c2ccccc2c2[cH-]c3ccccc3c21.[CH3-].[CH3-].[Si]=[Zr]. The molecule has 0 unspecified atom stereocenters. The van der Waals surface area contributed by atoms with Crippen molar-refractivity contribution in [2.24, 2.45) is 14.1 Å². The van der Waals surface area contributed by atoms with Crippen LogP contribution in [0, 0.1) is 14.9 Å².